The summed E-state index contributed by atoms with van der Waals surface area (Å²) in [4.78, 5) is 10.8. The molecule has 4 heteroatoms. The van der Waals surface area contributed by atoms with Crippen molar-refractivity contribution in [2.75, 3.05) is 13.2 Å². The van der Waals surface area contributed by atoms with Crippen molar-refractivity contribution in [3.05, 3.63) is 35.4 Å². The fraction of sp³-hybridized carbons (Fsp3) is 0.562. The Morgan fingerprint density at radius 3 is 2.45 bits per heavy atom. The van der Waals surface area contributed by atoms with Crippen molar-refractivity contribution < 1.29 is 9.90 Å². The number of aliphatic hydroxyl groups is 1. The number of aliphatic hydroxyl groups excluding tert-OH is 1. The van der Waals surface area contributed by atoms with E-state index in [0.717, 1.165) is 12.8 Å². The topological polar surface area (TPSA) is 61.4 Å². The summed E-state index contributed by atoms with van der Waals surface area (Å²) in [5.74, 6) is 0.00838. The van der Waals surface area contributed by atoms with Crippen molar-refractivity contribution in [1.82, 2.24) is 10.6 Å². The second-order valence-corrected chi connectivity index (χ2v) is 5.15. The fourth-order valence-electron chi connectivity index (χ4n) is 2.11. The summed E-state index contributed by atoms with van der Waals surface area (Å²) in [5.41, 5.74) is 2.42. The van der Waals surface area contributed by atoms with Crippen LogP contribution in [0.3, 0.4) is 0 Å². The van der Waals surface area contributed by atoms with Crippen molar-refractivity contribution in [1.29, 1.82) is 0 Å². The summed E-state index contributed by atoms with van der Waals surface area (Å²) < 4.78 is 0. The van der Waals surface area contributed by atoms with Gasteiger partial charge >= 0.3 is 0 Å². The van der Waals surface area contributed by atoms with E-state index < -0.39 is 0 Å². The molecular weight excluding hydrogens is 252 g/mol. The third-order valence-corrected chi connectivity index (χ3v) is 3.47. The van der Waals surface area contributed by atoms with Crippen LogP contribution >= 0.6 is 0 Å². The van der Waals surface area contributed by atoms with Gasteiger partial charge in [0.2, 0.25) is 5.91 Å². The van der Waals surface area contributed by atoms with Gasteiger partial charge in [0, 0.05) is 25.6 Å². The molecule has 1 rings (SSSR count). The van der Waals surface area contributed by atoms with Gasteiger partial charge in [-0.3, -0.25) is 4.79 Å². The van der Waals surface area contributed by atoms with Gasteiger partial charge in [-0.05, 0) is 30.9 Å². The Morgan fingerprint density at radius 1 is 1.30 bits per heavy atom. The number of amides is 1. The second kappa shape index (κ2) is 8.72. The summed E-state index contributed by atoms with van der Waals surface area (Å²) in [5, 5.41) is 15.4. The first-order chi connectivity index (χ1) is 9.56. The molecule has 0 fully saturated rings. The number of rotatable bonds is 8. The van der Waals surface area contributed by atoms with Crippen molar-refractivity contribution in [2.24, 2.45) is 0 Å². The first-order valence-electron chi connectivity index (χ1n) is 7.27. The van der Waals surface area contributed by atoms with Crippen LogP contribution in [0.1, 0.15) is 44.4 Å². The lowest BCUT2D eigenvalue weighted by atomic mass is 10.0. The molecule has 0 radical (unpaired) electrons. The van der Waals surface area contributed by atoms with Crippen LogP contribution in [0.4, 0.5) is 0 Å². The Hall–Kier alpha value is -1.39. The molecule has 112 valence electrons. The van der Waals surface area contributed by atoms with E-state index >= 15 is 0 Å². The fourth-order valence-corrected chi connectivity index (χ4v) is 2.11. The van der Waals surface area contributed by atoms with E-state index in [1.165, 1.54) is 18.1 Å². The maximum Gasteiger partial charge on any atom is 0.216 e. The van der Waals surface area contributed by atoms with Crippen LogP contribution < -0.4 is 10.6 Å². The third-order valence-electron chi connectivity index (χ3n) is 3.47. The summed E-state index contributed by atoms with van der Waals surface area (Å²) in [6, 6.07) is 8.75. The summed E-state index contributed by atoms with van der Waals surface area (Å²) >= 11 is 0. The molecule has 20 heavy (non-hydrogen) atoms. The smallest absolute Gasteiger partial charge is 0.216 e. The maximum atomic E-state index is 10.8. The van der Waals surface area contributed by atoms with E-state index in [9.17, 15) is 9.90 Å². The van der Waals surface area contributed by atoms with Crippen LogP contribution in [-0.2, 0) is 11.2 Å². The van der Waals surface area contributed by atoms with Gasteiger partial charge in [0.15, 0.2) is 0 Å². The molecule has 0 heterocycles. The van der Waals surface area contributed by atoms with Gasteiger partial charge in [0.05, 0.1) is 6.61 Å². The van der Waals surface area contributed by atoms with Crippen LogP contribution in [-0.4, -0.2) is 30.2 Å². The Labute approximate surface area is 121 Å². The SMILES string of the molecule is CCC(CO)NC(C)c1ccc(CCNC(C)=O)cc1. The van der Waals surface area contributed by atoms with E-state index in [4.69, 9.17) is 0 Å². The van der Waals surface area contributed by atoms with E-state index in [2.05, 4.69) is 48.7 Å². The average Bonchev–Trinajstić information content (AvgIpc) is 2.44. The van der Waals surface area contributed by atoms with Gasteiger partial charge in [-0.25, -0.2) is 0 Å². The highest BCUT2D eigenvalue weighted by Gasteiger charge is 2.10. The minimum Gasteiger partial charge on any atom is -0.395 e. The summed E-state index contributed by atoms with van der Waals surface area (Å²) in [6.07, 6.45) is 1.76. The molecule has 2 unspecified atom stereocenters. The number of carbonyl (C=O) groups excluding carboxylic acids is 1. The zero-order valence-corrected chi connectivity index (χ0v) is 12.6. The van der Waals surface area contributed by atoms with Gasteiger partial charge < -0.3 is 15.7 Å². The molecule has 0 aliphatic carbocycles. The molecule has 0 spiro atoms. The molecule has 0 saturated heterocycles. The monoisotopic (exact) mass is 278 g/mol. The van der Waals surface area contributed by atoms with Crippen LogP contribution in [0, 0.1) is 0 Å². The number of hydrogen-bond donors (Lipinski definition) is 3. The lowest BCUT2D eigenvalue weighted by Crippen LogP contribution is -2.33. The quantitative estimate of drug-likeness (QED) is 0.679. The molecule has 2 atom stereocenters. The molecule has 1 amide bonds. The highest BCUT2D eigenvalue weighted by molar-refractivity contribution is 5.72. The third kappa shape index (κ3) is 5.72. The highest BCUT2D eigenvalue weighted by Crippen LogP contribution is 2.14. The molecule has 0 aliphatic heterocycles. The van der Waals surface area contributed by atoms with Crippen LogP contribution in [0.2, 0.25) is 0 Å². The molecule has 0 aliphatic rings. The van der Waals surface area contributed by atoms with E-state index in [-0.39, 0.29) is 24.6 Å². The highest BCUT2D eigenvalue weighted by atomic mass is 16.3. The van der Waals surface area contributed by atoms with E-state index in [1.54, 1.807) is 0 Å². The largest absolute Gasteiger partial charge is 0.395 e. The number of nitrogens with one attached hydrogen (secondary N) is 2. The predicted molar refractivity (Wildman–Crippen MR) is 81.5 cm³/mol. The lowest BCUT2D eigenvalue weighted by molar-refractivity contribution is -0.118. The minimum atomic E-state index is 0.00838. The molecule has 4 nitrogen and oxygen atoms in total. The Balaban J connectivity index is 2.50. The molecule has 0 saturated carbocycles. The second-order valence-electron chi connectivity index (χ2n) is 5.15. The van der Waals surface area contributed by atoms with Crippen LogP contribution in [0.25, 0.3) is 0 Å². The van der Waals surface area contributed by atoms with Crippen LogP contribution in [0.5, 0.6) is 0 Å². The molecule has 1 aromatic rings. The summed E-state index contributed by atoms with van der Waals surface area (Å²) in [6.45, 7) is 6.53. The Kier molecular flexibility index (Phi) is 7.26. The number of carbonyl (C=O) groups is 1. The van der Waals surface area contributed by atoms with Crippen molar-refractivity contribution in [3.63, 3.8) is 0 Å². The predicted octanol–water partition coefficient (Wildman–Crippen LogP) is 1.79. The van der Waals surface area contributed by atoms with Gasteiger partial charge in [-0.2, -0.15) is 0 Å². The Morgan fingerprint density at radius 2 is 1.95 bits per heavy atom. The molecule has 0 bridgehead atoms. The average molecular weight is 278 g/mol. The molecule has 1 aromatic carbocycles. The minimum absolute atomic E-state index is 0.00838. The zero-order valence-electron chi connectivity index (χ0n) is 12.6. The molecule has 0 aromatic heterocycles. The van der Waals surface area contributed by atoms with Gasteiger partial charge in [0.25, 0.3) is 0 Å². The first kappa shape index (κ1) is 16.7. The molecule has 3 N–H and O–H groups in total. The standard InChI is InChI=1S/C16H26N2O2/c1-4-16(11-19)18-12(2)15-7-5-14(6-8-15)9-10-17-13(3)20/h5-8,12,16,18-19H,4,9-11H2,1-3H3,(H,17,20). The van der Waals surface area contributed by atoms with Gasteiger partial charge in [0.1, 0.15) is 0 Å². The van der Waals surface area contributed by atoms with Gasteiger partial charge in [-0.1, -0.05) is 31.2 Å². The van der Waals surface area contributed by atoms with Crippen LogP contribution in [0.15, 0.2) is 24.3 Å². The number of benzene rings is 1. The number of hydrogen-bond acceptors (Lipinski definition) is 3. The van der Waals surface area contributed by atoms with E-state index in [0.29, 0.717) is 6.54 Å². The molecular formula is C16H26N2O2. The summed E-state index contributed by atoms with van der Waals surface area (Å²) in [7, 11) is 0. The normalized spacial score (nSPS) is 13.8. The van der Waals surface area contributed by atoms with Crippen molar-refractivity contribution in [3.8, 4) is 0 Å². The Bertz CT molecular complexity index is 399. The van der Waals surface area contributed by atoms with E-state index in [1.807, 2.05) is 0 Å². The first-order valence-corrected chi connectivity index (χ1v) is 7.27. The lowest BCUT2D eigenvalue weighted by Gasteiger charge is -2.21. The van der Waals surface area contributed by atoms with Crippen molar-refractivity contribution in [2.45, 2.75) is 45.7 Å². The maximum absolute atomic E-state index is 10.8. The van der Waals surface area contributed by atoms with Crippen molar-refractivity contribution >= 4 is 5.91 Å². The zero-order chi connectivity index (χ0) is 15.0. The van der Waals surface area contributed by atoms with Gasteiger partial charge in [-0.15, -0.1) is 0 Å².